The molecule has 1 aromatic rings. The lowest BCUT2D eigenvalue weighted by Crippen LogP contribution is -2.24. The van der Waals surface area contributed by atoms with Crippen LogP contribution >= 0.6 is 24.0 Å². The summed E-state index contributed by atoms with van der Waals surface area (Å²) in [4.78, 5) is 11.6. The number of hydrogen-bond donors (Lipinski definition) is 3. The Hall–Kier alpha value is -1.27. The molecule has 0 aliphatic heterocycles. The van der Waals surface area contributed by atoms with Crippen molar-refractivity contribution in [3.63, 3.8) is 0 Å². The van der Waals surface area contributed by atoms with Gasteiger partial charge in [-0.2, -0.15) is 0 Å². The molecule has 0 atom stereocenters. The fourth-order valence-electron chi connectivity index (χ4n) is 1.03. The number of anilines is 1. The third-order valence-electron chi connectivity index (χ3n) is 1.73. The average molecular weight is 255 g/mol. The van der Waals surface area contributed by atoms with Crippen LogP contribution in [-0.2, 0) is 4.79 Å². The molecule has 0 radical (unpaired) electrons. The first-order valence-electron chi connectivity index (χ1n) is 4.62. The number of thiocarbonyl (C=S) groups is 1. The van der Waals surface area contributed by atoms with Crippen LogP contribution in [0.15, 0.2) is 29.2 Å². The largest absolute Gasteiger partial charge is 0.369 e. The monoisotopic (exact) mass is 255 g/mol. The smallest absolute Gasteiger partial charge is 0.227 e. The molecule has 0 saturated heterocycles. The zero-order chi connectivity index (χ0) is 12.0. The highest BCUT2D eigenvalue weighted by Gasteiger charge is 2.04. The minimum atomic E-state index is -0.337. The Labute approximate surface area is 104 Å². The van der Waals surface area contributed by atoms with Gasteiger partial charge in [0.05, 0.1) is 11.4 Å². The third kappa shape index (κ3) is 4.08. The maximum atomic E-state index is 10.7. The number of rotatable bonds is 4. The van der Waals surface area contributed by atoms with E-state index in [4.69, 9.17) is 18.0 Å². The highest BCUT2D eigenvalue weighted by molar-refractivity contribution is 8.00. The van der Waals surface area contributed by atoms with Gasteiger partial charge in [-0.15, -0.1) is 11.8 Å². The van der Waals surface area contributed by atoms with E-state index in [2.05, 4.69) is 10.6 Å². The topological polar surface area (TPSA) is 67.2 Å². The van der Waals surface area contributed by atoms with E-state index in [0.717, 1.165) is 10.6 Å². The Balaban J connectivity index is 2.74. The molecule has 0 fully saturated rings. The number of benzene rings is 1. The van der Waals surface area contributed by atoms with Crippen LogP contribution in [0.5, 0.6) is 0 Å². The molecule has 0 bridgehead atoms. The molecule has 0 heterocycles. The molecule has 0 unspecified atom stereocenters. The van der Waals surface area contributed by atoms with E-state index in [1.54, 1.807) is 7.05 Å². The molecule has 0 aromatic heterocycles. The molecule has 1 aromatic carbocycles. The van der Waals surface area contributed by atoms with E-state index in [9.17, 15) is 4.79 Å². The highest BCUT2D eigenvalue weighted by atomic mass is 32.2. The van der Waals surface area contributed by atoms with E-state index in [-0.39, 0.29) is 11.7 Å². The van der Waals surface area contributed by atoms with Crippen molar-refractivity contribution in [1.82, 2.24) is 5.32 Å². The molecular weight excluding hydrogens is 242 g/mol. The molecule has 0 spiro atoms. The second-order valence-electron chi connectivity index (χ2n) is 2.96. The molecule has 0 aliphatic carbocycles. The van der Waals surface area contributed by atoms with Crippen molar-refractivity contribution in [3.8, 4) is 0 Å². The van der Waals surface area contributed by atoms with Gasteiger partial charge >= 0.3 is 0 Å². The summed E-state index contributed by atoms with van der Waals surface area (Å²) in [6.45, 7) is 0. The number of nitrogens with two attached hydrogens (primary N) is 1. The van der Waals surface area contributed by atoms with E-state index < -0.39 is 0 Å². The van der Waals surface area contributed by atoms with E-state index in [0.29, 0.717) is 5.11 Å². The molecule has 1 amide bonds. The lowest BCUT2D eigenvalue weighted by molar-refractivity contribution is -0.115. The van der Waals surface area contributed by atoms with Crippen molar-refractivity contribution >= 4 is 40.7 Å². The number of carbonyl (C=O) groups excluding carboxylic acids is 1. The summed E-state index contributed by atoms with van der Waals surface area (Å²) in [6, 6.07) is 7.60. The molecule has 16 heavy (non-hydrogen) atoms. The van der Waals surface area contributed by atoms with E-state index >= 15 is 0 Å². The SMILES string of the molecule is CNC(=S)Nc1ccccc1SCC(N)=O. The number of para-hydroxylation sites is 1. The number of thioether (sulfide) groups is 1. The Bertz CT molecular complexity index is 395. The number of amides is 1. The molecule has 1 rings (SSSR count). The second-order valence-corrected chi connectivity index (χ2v) is 4.38. The standard InChI is InChI=1S/C10H13N3OS2/c1-12-10(15)13-7-4-2-3-5-8(7)16-6-9(11)14/h2-5H,6H2,1H3,(H2,11,14)(H2,12,13,15). The maximum absolute atomic E-state index is 10.7. The fourth-order valence-corrected chi connectivity index (χ4v) is 1.89. The minimum Gasteiger partial charge on any atom is -0.369 e. The summed E-state index contributed by atoms with van der Waals surface area (Å²) in [5, 5.41) is 6.39. The van der Waals surface area contributed by atoms with Crippen LogP contribution in [0.25, 0.3) is 0 Å². The van der Waals surface area contributed by atoms with Gasteiger partial charge in [0.25, 0.3) is 0 Å². The Morgan fingerprint density at radius 1 is 1.50 bits per heavy atom. The van der Waals surface area contributed by atoms with Gasteiger partial charge in [0.1, 0.15) is 0 Å². The zero-order valence-corrected chi connectivity index (χ0v) is 10.5. The predicted octanol–water partition coefficient (Wildman–Crippen LogP) is 1.18. The molecule has 86 valence electrons. The molecule has 0 saturated carbocycles. The van der Waals surface area contributed by atoms with Crippen LogP contribution in [0.4, 0.5) is 5.69 Å². The van der Waals surface area contributed by atoms with E-state index in [1.165, 1.54) is 11.8 Å². The highest BCUT2D eigenvalue weighted by Crippen LogP contribution is 2.26. The Kier molecular flexibility index (Phi) is 5.07. The van der Waals surface area contributed by atoms with Crippen molar-refractivity contribution in [2.75, 3.05) is 18.1 Å². The minimum absolute atomic E-state index is 0.255. The van der Waals surface area contributed by atoms with Gasteiger partial charge in [-0.1, -0.05) is 12.1 Å². The predicted molar refractivity (Wildman–Crippen MR) is 71.6 cm³/mol. The molecule has 4 nitrogen and oxygen atoms in total. The molecule has 6 heteroatoms. The summed E-state index contributed by atoms with van der Waals surface area (Å²) < 4.78 is 0. The van der Waals surface area contributed by atoms with E-state index in [1.807, 2.05) is 24.3 Å². The lowest BCUT2D eigenvalue weighted by atomic mass is 10.3. The summed E-state index contributed by atoms with van der Waals surface area (Å²) in [6.07, 6.45) is 0. The van der Waals surface area contributed by atoms with Gasteiger partial charge in [-0.25, -0.2) is 0 Å². The van der Waals surface area contributed by atoms with Gasteiger partial charge in [0.2, 0.25) is 5.91 Å². The van der Waals surface area contributed by atoms with Crippen molar-refractivity contribution in [1.29, 1.82) is 0 Å². The van der Waals surface area contributed by atoms with Crippen LogP contribution in [0, 0.1) is 0 Å². The number of primary amides is 1. The summed E-state index contributed by atoms with van der Waals surface area (Å²) in [5.41, 5.74) is 5.97. The zero-order valence-electron chi connectivity index (χ0n) is 8.82. The normalized spacial score (nSPS) is 9.56. The maximum Gasteiger partial charge on any atom is 0.227 e. The van der Waals surface area contributed by atoms with Crippen LogP contribution in [0.2, 0.25) is 0 Å². The van der Waals surface area contributed by atoms with Crippen molar-refractivity contribution < 1.29 is 4.79 Å². The molecule has 0 aliphatic rings. The summed E-state index contributed by atoms with van der Waals surface area (Å²) >= 11 is 6.39. The van der Waals surface area contributed by atoms with Gasteiger partial charge in [-0.05, 0) is 24.4 Å². The van der Waals surface area contributed by atoms with Gasteiger partial charge in [0.15, 0.2) is 5.11 Å². The summed E-state index contributed by atoms with van der Waals surface area (Å²) in [5.74, 6) is -0.0821. The average Bonchev–Trinajstić information content (AvgIpc) is 2.27. The van der Waals surface area contributed by atoms with Crippen LogP contribution in [0.3, 0.4) is 0 Å². The number of hydrogen-bond acceptors (Lipinski definition) is 3. The Morgan fingerprint density at radius 3 is 2.81 bits per heavy atom. The third-order valence-corrected chi connectivity index (χ3v) is 3.13. The first kappa shape index (κ1) is 12.8. The second kappa shape index (κ2) is 6.34. The molecule has 4 N–H and O–H groups in total. The van der Waals surface area contributed by atoms with Crippen LogP contribution in [-0.4, -0.2) is 23.8 Å². The number of nitrogens with one attached hydrogen (secondary N) is 2. The van der Waals surface area contributed by atoms with Gasteiger partial charge in [0, 0.05) is 11.9 Å². The van der Waals surface area contributed by atoms with Gasteiger partial charge < -0.3 is 16.4 Å². The van der Waals surface area contributed by atoms with Crippen molar-refractivity contribution in [3.05, 3.63) is 24.3 Å². The number of carbonyl (C=O) groups is 1. The molecular formula is C10H13N3OS2. The van der Waals surface area contributed by atoms with Crippen molar-refractivity contribution in [2.45, 2.75) is 4.90 Å². The van der Waals surface area contributed by atoms with Gasteiger partial charge in [-0.3, -0.25) is 4.79 Å². The quantitative estimate of drug-likeness (QED) is 0.557. The van der Waals surface area contributed by atoms with Crippen molar-refractivity contribution in [2.24, 2.45) is 5.73 Å². The Morgan fingerprint density at radius 2 is 2.19 bits per heavy atom. The summed E-state index contributed by atoms with van der Waals surface area (Å²) in [7, 11) is 1.74. The fraction of sp³-hybridized carbons (Fsp3) is 0.200. The first-order valence-corrected chi connectivity index (χ1v) is 6.01. The lowest BCUT2D eigenvalue weighted by Gasteiger charge is -2.11. The van der Waals surface area contributed by atoms with Crippen LogP contribution in [0.1, 0.15) is 0 Å². The first-order chi connectivity index (χ1) is 7.63. The van der Waals surface area contributed by atoms with Crippen LogP contribution < -0.4 is 16.4 Å².